The van der Waals surface area contributed by atoms with Crippen molar-refractivity contribution in [2.24, 2.45) is 5.41 Å². The summed E-state index contributed by atoms with van der Waals surface area (Å²) in [7, 11) is -3.60. The number of carbonyl (C=O) groups excluding carboxylic acids is 4. The molecule has 0 radical (unpaired) electrons. The van der Waals surface area contributed by atoms with E-state index in [0.29, 0.717) is 75.4 Å². The van der Waals surface area contributed by atoms with E-state index in [4.69, 9.17) is 16.3 Å². The fourth-order valence-electron chi connectivity index (χ4n) is 9.60. The van der Waals surface area contributed by atoms with E-state index in [1.54, 1.807) is 54.3 Å². The number of thiazole rings is 1. The van der Waals surface area contributed by atoms with E-state index < -0.39 is 32.6 Å². The van der Waals surface area contributed by atoms with Gasteiger partial charge in [0.25, 0.3) is 0 Å². The van der Waals surface area contributed by atoms with Gasteiger partial charge in [0.05, 0.1) is 49.9 Å². The first-order valence-corrected chi connectivity index (χ1v) is 28.8. The number of hydrogen-bond donors (Lipinski definition) is 4. The lowest BCUT2D eigenvalue weighted by Gasteiger charge is -2.35. The van der Waals surface area contributed by atoms with Gasteiger partial charge in [0, 0.05) is 39.0 Å². The molecule has 0 unspecified atom stereocenters. The molecule has 4 heterocycles. The molecule has 4 N–H and O–H groups in total. The Balaban J connectivity index is 0.883. The number of para-hydroxylation sites is 1. The fourth-order valence-corrected chi connectivity index (χ4v) is 11.7. The number of aryl methyl sites for hydroxylation is 2. The Hall–Kier alpha value is -6.11. The summed E-state index contributed by atoms with van der Waals surface area (Å²) in [6, 6.07) is 17.3. The number of likely N-dealkylation sites (tertiary alicyclic amines) is 2. The Labute approximate surface area is 451 Å². The average Bonchev–Trinajstić information content (AvgIpc) is 4.05. The molecule has 7 rings (SSSR count). The fraction of sp³-hybridized carbons (Fsp3) is 0.482. The van der Waals surface area contributed by atoms with Crippen LogP contribution in [-0.4, -0.2) is 99.9 Å². The lowest BCUT2D eigenvalue weighted by molar-refractivity contribution is -0.144. The smallest absolute Gasteiger partial charge is 0.246 e. The van der Waals surface area contributed by atoms with Crippen molar-refractivity contribution in [2.45, 2.75) is 154 Å². The standard InChI is InChI=1S/C56H72ClN9O7S2/c1-34(2)73-46-30-41(36(5)29-44(46)62-55-59-32-42(57)52(64-55)61-43-15-10-11-17-47(43)75(71,72)35(3)4)39-24-27-65(28-25-39)49(68)19-13-12-18-48(67)63-51(56(7,8)9)54(70)66-26-14-16-45(66)53(69)58-31-38-20-22-40(23-21-38)50-37(6)60-33-74-50/h10-11,15,17,20-23,29-30,32-35,39,45,51H,12-14,16,18-19,24-28,31H2,1-9H3,(H,58,69)(H,63,67)(H2,59,61,62,64)/t45-,51+/m0/s1. The molecule has 0 aliphatic carbocycles. The second-order valence-electron chi connectivity index (χ2n) is 21.2. The molecule has 2 saturated heterocycles. The van der Waals surface area contributed by atoms with E-state index in [1.165, 1.54) is 6.20 Å². The Kier molecular flexibility index (Phi) is 18.6. The molecule has 2 atom stereocenters. The van der Waals surface area contributed by atoms with Gasteiger partial charge in [0.2, 0.25) is 29.6 Å². The Morgan fingerprint density at radius 1 is 0.880 bits per heavy atom. The molecule has 2 aliphatic heterocycles. The number of unbranched alkanes of at least 4 members (excludes halogenated alkanes) is 1. The number of piperidine rings is 1. The average molecular weight is 1080 g/mol. The molecular formula is C56H72ClN9O7S2. The first kappa shape index (κ1) is 56.6. The van der Waals surface area contributed by atoms with Crippen molar-refractivity contribution in [3.8, 4) is 16.2 Å². The monoisotopic (exact) mass is 1080 g/mol. The summed E-state index contributed by atoms with van der Waals surface area (Å²) < 4.78 is 32.6. The van der Waals surface area contributed by atoms with E-state index in [0.717, 1.165) is 45.7 Å². The second-order valence-corrected chi connectivity index (χ2v) is 24.9. The van der Waals surface area contributed by atoms with Gasteiger partial charge in [-0.05, 0) is 138 Å². The molecule has 75 heavy (non-hydrogen) atoms. The van der Waals surface area contributed by atoms with Gasteiger partial charge in [-0.15, -0.1) is 11.3 Å². The first-order valence-electron chi connectivity index (χ1n) is 26.0. The highest BCUT2D eigenvalue weighted by molar-refractivity contribution is 7.92. The Bertz CT molecular complexity index is 2950. The van der Waals surface area contributed by atoms with Gasteiger partial charge in [-0.3, -0.25) is 19.2 Å². The van der Waals surface area contributed by atoms with Crippen LogP contribution in [0.3, 0.4) is 0 Å². The van der Waals surface area contributed by atoms with E-state index in [1.807, 2.05) is 89.2 Å². The summed E-state index contributed by atoms with van der Waals surface area (Å²) in [4.78, 5) is 72.6. The molecule has 4 amide bonds. The van der Waals surface area contributed by atoms with Crippen molar-refractivity contribution in [3.63, 3.8) is 0 Å². The number of carbonyl (C=O) groups is 4. The minimum absolute atomic E-state index is 0.0555. The van der Waals surface area contributed by atoms with Crippen LogP contribution in [0.2, 0.25) is 5.02 Å². The molecule has 2 aromatic heterocycles. The number of rotatable bonds is 20. The van der Waals surface area contributed by atoms with E-state index in [9.17, 15) is 27.6 Å². The molecular weight excluding hydrogens is 1010 g/mol. The van der Waals surface area contributed by atoms with E-state index in [-0.39, 0.29) is 63.8 Å². The third-order valence-electron chi connectivity index (χ3n) is 13.8. The number of aromatic nitrogens is 3. The predicted octanol–water partition coefficient (Wildman–Crippen LogP) is 10.4. The van der Waals surface area contributed by atoms with Crippen LogP contribution in [0.5, 0.6) is 5.75 Å². The second kappa shape index (κ2) is 24.7. The molecule has 0 saturated carbocycles. The number of amides is 4. The lowest BCUT2D eigenvalue weighted by atomic mass is 9.85. The van der Waals surface area contributed by atoms with Crippen molar-refractivity contribution in [2.75, 3.05) is 30.3 Å². The van der Waals surface area contributed by atoms with Gasteiger partial charge in [-0.25, -0.2) is 18.4 Å². The quantitative estimate of drug-likeness (QED) is 0.0538. The van der Waals surface area contributed by atoms with Gasteiger partial charge in [-0.1, -0.05) is 68.8 Å². The van der Waals surface area contributed by atoms with Gasteiger partial charge in [0.15, 0.2) is 15.7 Å². The highest BCUT2D eigenvalue weighted by Crippen LogP contribution is 2.39. The maximum Gasteiger partial charge on any atom is 0.246 e. The molecule has 19 heteroatoms. The molecule has 16 nitrogen and oxygen atoms in total. The lowest BCUT2D eigenvalue weighted by Crippen LogP contribution is -2.57. The molecule has 3 aromatic carbocycles. The number of sulfone groups is 1. The number of ether oxygens (including phenoxy) is 1. The Morgan fingerprint density at radius 2 is 1.59 bits per heavy atom. The summed E-state index contributed by atoms with van der Waals surface area (Å²) >= 11 is 8.12. The van der Waals surface area contributed by atoms with Crippen LogP contribution in [0.25, 0.3) is 10.4 Å². The zero-order valence-electron chi connectivity index (χ0n) is 44.6. The maximum atomic E-state index is 14.1. The number of benzene rings is 3. The van der Waals surface area contributed by atoms with E-state index >= 15 is 0 Å². The highest BCUT2D eigenvalue weighted by atomic mass is 35.5. The van der Waals surface area contributed by atoms with Crippen LogP contribution in [0.15, 0.2) is 77.3 Å². The van der Waals surface area contributed by atoms with Crippen LogP contribution in [-0.2, 0) is 35.6 Å². The minimum Gasteiger partial charge on any atom is -0.489 e. The number of halogens is 1. The largest absolute Gasteiger partial charge is 0.489 e. The van der Waals surface area contributed by atoms with Crippen molar-refractivity contribution in [3.05, 3.63) is 99.8 Å². The van der Waals surface area contributed by atoms with Gasteiger partial charge in [0.1, 0.15) is 22.9 Å². The first-order chi connectivity index (χ1) is 35.6. The zero-order chi connectivity index (χ0) is 54.2. The normalized spacial score (nSPS) is 15.8. The van der Waals surface area contributed by atoms with Crippen LogP contribution in [0.4, 0.5) is 23.1 Å². The maximum absolute atomic E-state index is 14.1. The minimum atomic E-state index is -3.60. The molecule has 5 aromatic rings. The van der Waals surface area contributed by atoms with Crippen molar-refractivity contribution >= 4 is 79.5 Å². The molecule has 2 aliphatic rings. The molecule has 402 valence electrons. The van der Waals surface area contributed by atoms with Gasteiger partial charge in [-0.2, -0.15) is 4.98 Å². The molecule has 0 bridgehead atoms. The summed E-state index contributed by atoms with van der Waals surface area (Å²) in [5.74, 6) is 0.601. The predicted molar refractivity (Wildman–Crippen MR) is 297 cm³/mol. The number of hydrogen-bond acceptors (Lipinski definition) is 13. The molecule has 0 spiro atoms. The number of anilines is 4. The SMILES string of the molecule is Cc1cc(Nc2ncc(Cl)c(Nc3ccccc3S(=O)(=O)C(C)C)n2)c(OC(C)C)cc1C1CCN(C(=O)CCCCC(=O)N[C@H](C(=O)N2CCC[C@H]2C(=O)NCc2ccc(-c3scnc3C)cc2)C(C)(C)C)CC1. The van der Waals surface area contributed by atoms with Crippen LogP contribution < -0.4 is 26.0 Å². The summed E-state index contributed by atoms with van der Waals surface area (Å²) in [5, 5.41) is 12.0. The third kappa shape index (κ3) is 14.2. The topological polar surface area (TPSA) is 205 Å². The van der Waals surface area contributed by atoms with Crippen molar-refractivity contribution in [1.82, 2.24) is 35.4 Å². The van der Waals surface area contributed by atoms with Crippen molar-refractivity contribution in [1.29, 1.82) is 0 Å². The number of nitrogens with one attached hydrogen (secondary N) is 4. The van der Waals surface area contributed by atoms with Crippen LogP contribution >= 0.6 is 22.9 Å². The van der Waals surface area contributed by atoms with Crippen molar-refractivity contribution < 1.29 is 32.3 Å². The zero-order valence-corrected chi connectivity index (χ0v) is 47.0. The number of nitrogens with zero attached hydrogens (tertiary/aromatic N) is 5. The van der Waals surface area contributed by atoms with Gasteiger partial charge >= 0.3 is 0 Å². The highest BCUT2D eigenvalue weighted by Gasteiger charge is 2.42. The van der Waals surface area contributed by atoms with Crippen LogP contribution in [0.1, 0.15) is 128 Å². The van der Waals surface area contributed by atoms with Crippen LogP contribution in [0, 0.1) is 19.3 Å². The van der Waals surface area contributed by atoms with E-state index in [2.05, 4.69) is 42.3 Å². The summed E-state index contributed by atoms with van der Waals surface area (Å²) in [6.45, 7) is 18.9. The van der Waals surface area contributed by atoms with Gasteiger partial charge < -0.3 is 35.8 Å². The molecule has 2 fully saturated rings. The summed E-state index contributed by atoms with van der Waals surface area (Å²) in [5.41, 5.74) is 7.41. The summed E-state index contributed by atoms with van der Waals surface area (Å²) in [6.07, 6.45) is 5.62. The third-order valence-corrected chi connectivity index (χ3v) is 17.3. The Morgan fingerprint density at radius 3 is 2.25 bits per heavy atom.